The fourth-order valence-electron chi connectivity index (χ4n) is 2.53. The van der Waals surface area contributed by atoms with E-state index < -0.39 is 11.9 Å². The number of aromatic hydroxyl groups is 1. The molecule has 0 radical (unpaired) electrons. The number of hydrogen-bond acceptors (Lipinski definition) is 5. The summed E-state index contributed by atoms with van der Waals surface area (Å²) < 4.78 is 0. The third-order valence-electron chi connectivity index (χ3n) is 4.43. The standard InChI is InChI=1S/C22H24O5/c1-4-15(2)14-20(17-8-6-5-7-9-17)16(3)21(24)26-27-22(25)18-10-12-19(23)13-11-18/h5-13,15,23H,4,14H2,1-3H3/t15-/m0/s1. The molecule has 0 fully saturated rings. The third-order valence-corrected chi connectivity index (χ3v) is 4.43. The van der Waals surface area contributed by atoms with Crippen LogP contribution in [0.3, 0.4) is 0 Å². The number of carbonyl (C=O) groups excluding carboxylic acids is 2. The van der Waals surface area contributed by atoms with E-state index in [0.717, 1.165) is 17.6 Å². The van der Waals surface area contributed by atoms with Gasteiger partial charge in [0.1, 0.15) is 5.75 Å². The lowest BCUT2D eigenvalue weighted by atomic mass is 9.90. The Morgan fingerprint density at radius 2 is 1.59 bits per heavy atom. The van der Waals surface area contributed by atoms with E-state index in [2.05, 4.69) is 18.7 Å². The van der Waals surface area contributed by atoms with Gasteiger partial charge in [-0.3, -0.25) is 0 Å². The van der Waals surface area contributed by atoms with Crippen LogP contribution in [-0.4, -0.2) is 17.0 Å². The fraction of sp³-hybridized carbons (Fsp3) is 0.273. The smallest absolute Gasteiger partial charge is 0.386 e. The van der Waals surface area contributed by atoms with Gasteiger partial charge < -0.3 is 5.11 Å². The van der Waals surface area contributed by atoms with E-state index >= 15 is 0 Å². The van der Waals surface area contributed by atoms with Crippen molar-refractivity contribution in [2.24, 2.45) is 5.92 Å². The molecule has 0 amide bonds. The predicted molar refractivity (Wildman–Crippen MR) is 103 cm³/mol. The van der Waals surface area contributed by atoms with Crippen molar-refractivity contribution in [2.75, 3.05) is 0 Å². The van der Waals surface area contributed by atoms with E-state index in [1.807, 2.05) is 30.3 Å². The number of phenolic OH excluding ortho intramolecular Hbond substituents is 1. The monoisotopic (exact) mass is 368 g/mol. The first-order valence-corrected chi connectivity index (χ1v) is 8.89. The highest BCUT2D eigenvalue weighted by Gasteiger charge is 2.19. The van der Waals surface area contributed by atoms with Crippen molar-refractivity contribution in [1.82, 2.24) is 0 Å². The lowest BCUT2D eigenvalue weighted by Crippen LogP contribution is -2.14. The van der Waals surface area contributed by atoms with E-state index in [4.69, 9.17) is 4.89 Å². The Balaban J connectivity index is 2.14. The van der Waals surface area contributed by atoms with Crippen LogP contribution in [0, 0.1) is 5.92 Å². The maximum atomic E-state index is 12.4. The number of allylic oxidation sites excluding steroid dienone is 1. The lowest BCUT2D eigenvalue weighted by Gasteiger charge is -2.15. The van der Waals surface area contributed by atoms with Crippen molar-refractivity contribution in [3.8, 4) is 5.75 Å². The largest absolute Gasteiger partial charge is 0.508 e. The Morgan fingerprint density at radius 3 is 2.19 bits per heavy atom. The van der Waals surface area contributed by atoms with Gasteiger partial charge in [0.2, 0.25) is 0 Å². The molecule has 0 aliphatic carbocycles. The summed E-state index contributed by atoms with van der Waals surface area (Å²) in [6.07, 6.45) is 1.70. The second kappa shape index (κ2) is 9.57. The highest BCUT2D eigenvalue weighted by Crippen LogP contribution is 2.28. The Hall–Kier alpha value is -3.08. The minimum absolute atomic E-state index is 0.0277. The van der Waals surface area contributed by atoms with Crippen molar-refractivity contribution >= 4 is 17.5 Å². The van der Waals surface area contributed by atoms with Gasteiger partial charge in [-0.25, -0.2) is 19.4 Å². The van der Waals surface area contributed by atoms with Crippen LogP contribution in [0.1, 0.15) is 49.5 Å². The Morgan fingerprint density at radius 1 is 0.963 bits per heavy atom. The summed E-state index contributed by atoms with van der Waals surface area (Å²) in [6.45, 7) is 5.88. The lowest BCUT2D eigenvalue weighted by molar-refractivity contribution is -0.229. The Labute approximate surface area is 159 Å². The summed E-state index contributed by atoms with van der Waals surface area (Å²) >= 11 is 0. The minimum Gasteiger partial charge on any atom is -0.508 e. The molecule has 5 nitrogen and oxygen atoms in total. The van der Waals surface area contributed by atoms with Crippen molar-refractivity contribution in [3.63, 3.8) is 0 Å². The van der Waals surface area contributed by atoms with Gasteiger partial charge in [0, 0.05) is 5.57 Å². The van der Waals surface area contributed by atoms with Gasteiger partial charge in [-0.1, -0.05) is 50.6 Å². The van der Waals surface area contributed by atoms with Crippen LogP contribution in [0.4, 0.5) is 0 Å². The number of benzene rings is 2. The molecular weight excluding hydrogens is 344 g/mol. The first kappa shape index (κ1) is 20.2. The van der Waals surface area contributed by atoms with Crippen molar-refractivity contribution < 1.29 is 24.5 Å². The number of phenols is 1. The summed E-state index contributed by atoms with van der Waals surface area (Å²) in [6, 6.07) is 15.1. The van der Waals surface area contributed by atoms with Crippen molar-refractivity contribution in [1.29, 1.82) is 0 Å². The molecule has 0 saturated heterocycles. The predicted octanol–water partition coefficient (Wildman–Crippen LogP) is 4.92. The summed E-state index contributed by atoms with van der Waals surface area (Å²) in [5, 5.41) is 9.25. The molecule has 5 heteroatoms. The highest BCUT2D eigenvalue weighted by molar-refractivity contribution is 5.97. The van der Waals surface area contributed by atoms with Gasteiger partial charge in [-0.05, 0) is 54.7 Å². The first-order valence-electron chi connectivity index (χ1n) is 8.89. The van der Waals surface area contributed by atoms with Crippen molar-refractivity contribution in [3.05, 3.63) is 71.3 Å². The summed E-state index contributed by atoms with van der Waals surface area (Å²) in [5.41, 5.74) is 2.39. The van der Waals surface area contributed by atoms with Crippen LogP contribution in [0.25, 0.3) is 5.57 Å². The second-order valence-electron chi connectivity index (χ2n) is 6.48. The first-order chi connectivity index (χ1) is 12.9. The molecule has 142 valence electrons. The molecule has 0 heterocycles. The quantitative estimate of drug-likeness (QED) is 0.445. The average molecular weight is 368 g/mol. The maximum absolute atomic E-state index is 12.4. The van der Waals surface area contributed by atoms with Crippen molar-refractivity contribution in [2.45, 2.75) is 33.6 Å². The molecule has 0 aliphatic heterocycles. The zero-order valence-corrected chi connectivity index (χ0v) is 15.8. The fourth-order valence-corrected chi connectivity index (χ4v) is 2.53. The van der Waals surface area contributed by atoms with Gasteiger partial charge in [-0.15, -0.1) is 0 Å². The molecule has 0 bridgehead atoms. The summed E-state index contributed by atoms with van der Waals surface area (Å²) in [5.74, 6) is -1.09. The third kappa shape index (κ3) is 5.71. The molecule has 1 N–H and O–H groups in total. The molecule has 0 unspecified atom stereocenters. The van der Waals surface area contributed by atoms with E-state index in [0.29, 0.717) is 17.9 Å². The van der Waals surface area contributed by atoms with Crippen LogP contribution < -0.4 is 0 Å². The summed E-state index contributed by atoms with van der Waals surface area (Å²) in [7, 11) is 0. The topological polar surface area (TPSA) is 72.8 Å². The van der Waals surface area contributed by atoms with Crippen LogP contribution in [0.15, 0.2) is 60.2 Å². The molecule has 2 aromatic carbocycles. The highest BCUT2D eigenvalue weighted by atomic mass is 17.2. The molecule has 0 aromatic heterocycles. The summed E-state index contributed by atoms with van der Waals surface area (Å²) in [4.78, 5) is 33.8. The molecule has 0 aliphatic rings. The zero-order valence-electron chi connectivity index (χ0n) is 15.8. The van der Waals surface area contributed by atoms with Gasteiger partial charge in [0.25, 0.3) is 0 Å². The minimum atomic E-state index is -0.806. The van der Waals surface area contributed by atoms with Crippen LogP contribution in [-0.2, 0) is 14.6 Å². The second-order valence-corrected chi connectivity index (χ2v) is 6.48. The molecule has 0 spiro atoms. The maximum Gasteiger partial charge on any atom is 0.386 e. The van der Waals surface area contributed by atoms with Gasteiger partial charge in [0.15, 0.2) is 0 Å². The Kier molecular flexibility index (Phi) is 7.17. The molecule has 2 aromatic rings. The normalized spacial score (nSPS) is 12.7. The molecule has 0 saturated carbocycles. The number of hydrogen-bond donors (Lipinski definition) is 1. The number of rotatable bonds is 6. The SMILES string of the molecule is CC[C@H](C)CC(=C(C)C(=O)OOC(=O)c1ccc(O)cc1)c1ccccc1. The van der Waals surface area contributed by atoms with E-state index in [9.17, 15) is 14.7 Å². The zero-order chi connectivity index (χ0) is 19.8. The average Bonchev–Trinajstić information content (AvgIpc) is 2.70. The van der Waals surface area contributed by atoms with Gasteiger partial charge >= 0.3 is 11.9 Å². The van der Waals surface area contributed by atoms with Crippen LogP contribution >= 0.6 is 0 Å². The molecule has 27 heavy (non-hydrogen) atoms. The van der Waals surface area contributed by atoms with Gasteiger partial charge in [0.05, 0.1) is 5.56 Å². The van der Waals surface area contributed by atoms with E-state index in [1.165, 1.54) is 24.3 Å². The van der Waals surface area contributed by atoms with E-state index in [-0.39, 0.29) is 11.3 Å². The number of carbonyl (C=O) groups is 2. The van der Waals surface area contributed by atoms with Crippen LogP contribution in [0.2, 0.25) is 0 Å². The van der Waals surface area contributed by atoms with Crippen LogP contribution in [0.5, 0.6) is 5.75 Å². The Bertz CT molecular complexity index is 806. The van der Waals surface area contributed by atoms with Gasteiger partial charge in [-0.2, -0.15) is 0 Å². The van der Waals surface area contributed by atoms with E-state index in [1.54, 1.807) is 6.92 Å². The molecule has 1 atom stereocenters. The molecule has 2 rings (SSSR count). The molecular formula is C22H24O5.